The first-order valence-corrected chi connectivity index (χ1v) is 7.14. The predicted molar refractivity (Wildman–Crippen MR) is 81.9 cm³/mol. The van der Waals surface area contributed by atoms with Crippen LogP contribution in [0.3, 0.4) is 0 Å². The first-order chi connectivity index (χ1) is 11.0. The van der Waals surface area contributed by atoms with Crippen LogP contribution in [0.5, 0.6) is 0 Å². The number of halogens is 1. The molecule has 3 rings (SSSR count). The van der Waals surface area contributed by atoms with E-state index in [0.717, 1.165) is 0 Å². The van der Waals surface area contributed by atoms with Gasteiger partial charge in [-0.3, -0.25) is 10.1 Å². The van der Waals surface area contributed by atoms with Crippen molar-refractivity contribution in [1.82, 2.24) is 15.0 Å². The molecule has 0 spiro atoms. The van der Waals surface area contributed by atoms with Gasteiger partial charge in [-0.2, -0.15) is 0 Å². The molecule has 120 valence electrons. The van der Waals surface area contributed by atoms with E-state index < -0.39 is 4.92 Å². The number of anilines is 2. The van der Waals surface area contributed by atoms with Crippen molar-refractivity contribution in [2.75, 3.05) is 29.4 Å². The second-order valence-electron chi connectivity index (χ2n) is 5.32. The Labute approximate surface area is 131 Å². The van der Waals surface area contributed by atoms with E-state index >= 15 is 0 Å². The van der Waals surface area contributed by atoms with E-state index in [0.29, 0.717) is 31.4 Å². The molecule has 8 nitrogen and oxygen atoms in total. The van der Waals surface area contributed by atoms with Crippen LogP contribution < -0.4 is 9.80 Å². The number of hydrogen-bond donors (Lipinski definition) is 0. The molecule has 9 heteroatoms. The molecule has 0 radical (unpaired) electrons. The number of nitrogens with zero attached hydrogens (tertiary/aromatic N) is 6. The molecule has 0 saturated carbocycles. The van der Waals surface area contributed by atoms with Gasteiger partial charge >= 0.3 is 5.69 Å². The highest BCUT2D eigenvalue weighted by molar-refractivity contribution is 5.44. The van der Waals surface area contributed by atoms with Gasteiger partial charge in [-0.15, -0.1) is 0 Å². The van der Waals surface area contributed by atoms with E-state index in [1.807, 2.05) is 16.7 Å². The van der Waals surface area contributed by atoms with Crippen LogP contribution >= 0.6 is 0 Å². The molecule has 3 heterocycles. The fraction of sp³-hybridized carbons (Fsp3) is 0.357. The maximum Gasteiger partial charge on any atom is 0.305 e. The molecule has 2 aromatic heterocycles. The summed E-state index contributed by atoms with van der Waals surface area (Å²) in [5, 5.41) is 10.6. The van der Waals surface area contributed by atoms with Gasteiger partial charge < -0.3 is 9.80 Å². The van der Waals surface area contributed by atoms with Crippen LogP contribution in [-0.2, 0) is 0 Å². The molecule has 0 bridgehead atoms. The fourth-order valence-electron chi connectivity index (χ4n) is 2.59. The number of hydrogen-bond acceptors (Lipinski definition) is 7. The highest BCUT2D eigenvalue weighted by Crippen LogP contribution is 2.21. The van der Waals surface area contributed by atoms with E-state index in [-0.39, 0.29) is 17.5 Å². The lowest BCUT2D eigenvalue weighted by molar-refractivity contribution is -0.385. The molecule has 0 amide bonds. The number of nitro groups is 1. The van der Waals surface area contributed by atoms with Gasteiger partial charge in [0, 0.05) is 37.9 Å². The molecule has 1 aliphatic rings. The van der Waals surface area contributed by atoms with Crippen LogP contribution in [0.2, 0.25) is 0 Å². The second-order valence-corrected chi connectivity index (χ2v) is 5.32. The molecule has 1 aliphatic heterocycles. The van der Waals surface area contributed by atoms with Gasteiger partial charge in [-0.25, -0.2) is 19.3 Å². The van der Waals surface area contributed by atoms with E-state index in [9.17, 15) is 14.5 Å². The molecule has 0 unspecified atom stereocenters. The summed E-state index contributed by atoms with van der Waals surface area (Å²) in [6, 6.07) is 2.79. The summed E-state index contributed by atoms with van der Waals surface area (Å²) < 4.78 is 13.3. The lowest BCUT2D eigenvalue weighted by Crippen LogP contribution is -2.53. The summed E-state index contributed by atoms with van der Waals surface area (Å²) in [5.41, 5.74) is -0.135. The molecule has 1 atom stereocenters. The third kappa shape index (κ3) is 3.17. The topological polar surface area (TPSA) is 88.3 Å². The average Bonchev–Trinajstić information content (AvgIpc) is 2.55. The van der Waals surface area contributed by atoms with Crippen molar-refractivity contribution in [3.8, 4) is 0 Å². The van der Waals surface area contributed by atoms with Crippen molar-refractivity contribution in [3.05, 3.63) is 46.7 Å². The van der Waals surface area contributed by atoms with Gasteiger partial charge in [0.05, 0.1) is 4.92 Å². The van der Waals surface area contributed by atoms with Crippen molar-refractivity contribution in [3.63, 3.8) is 0 Å². The van der Waals surface area contributed by atoms with E-state index in [1.165, 1.54) is 30.7 Å². The number of piperazine rings is 1. The number of aromatic nitrogens is 3. The smallest absolute Gasteiger partial charge is 0.305 e. The Kier molecular flexibility index (Phi) is 4.00. The first-order valence-electron chi connectivity index (χ1n) is 7.14. The standard InChI is InChI=1S/C14H15FN6O2/c1-10-9-19(13-6-11(15)2-3-16-13)4-5-20(10)14-17-7-12(8-18-14)21(22)23/h2-3,6-8,10H,4-5,9H2,1H3/t10-/m0/s1. The zero-order valence-electron chi connectivity index (χ0n) is 12.5. The maximum absolute atomic E-state index is 13.3. The van der Waals surface area contributed by atoms with Gasteiger partial charge in [-0.1, -0.05) is 0 Å². The molecular weight excluding hydrogens is 303 g/mol. The highest BCUT2D eigenvalue weighted by Gasteiger charge is 2.26. The van der Waals surface area contributed by atoms with Gasteiger partial charge in [0.1, 0.15) is 24.0 Å². The number of rotatable bonds is 3. The molecule has 2 aromatic rings. The quantitative estimate of drug-likeness (QED) is 0.628. The number of pyridine rings is 1. The third-order valence-electron chi connectivity index (χ3n) is 3.75. The Morgan fingerprint density at radius 1 is 1.30 bits per heavy atom. The van der Waals surface area contributed by atoms with Crippen molar-refractivity contribution < 1.29 is 9.31 Å². The van der Waals surface area contributed by atoms with Crippen LogP contribution in [-0.4, -0.2) is 45.6 Å². The largest absolute Gasteiger partial charge is 0.353 e. The third-order valence-corrected chi connectivity index (χ3v) is 3.75. The summed E-state index contributed by atoms with van der Waals surface area (Å²) in [5.74, 6) is 0.736. The van der Waals surface area contributed by atoms with Crippen LogP contribution in [0.4, 0.5) is 21.8 Å². The second kappa shape index (κ2) is 6.11. The maximum atomic E-state index is 13.3. The zero-order valence-corrected chi connectivity index (χ0v) is 12.5. The van der Waals surface area contributed by atoms with Crippen LogP contribution in [0.15, 0.2) is 30.7 Å². The Morgan fingerprint density at radius 2 is 2.04 bits per heavy atom. The summed E-state index contributed by atoms with van der Waals surface area (Å²) in [4.78, 5) is 26.4. The molecule has 23 heavy (non-hydrogen) atoms. The lowest BCUT2D eigenvalue weighted by Gasteiger charge is -2.40. The average molecular weight is 318 g/mol. The molecule has 1 fully saturated rings. The summed E-state index contributed by atoms with van der Waals surface area (Å²) in [7, 11) is 0. The van der Waals surface area contributed by atoms with Crippen molar-refractivity contribution in [2.24, 2.45) is 0 Å². The predicted octanol–water partition coefficient (Wildman–Crippen LogP) is 1.63. The highest BCUT2D eigenvalue weighted by atomic mass is 19.1. The lowest BCUT2D eigenvalue weighted by atomic mass is 10.2. The van der Waals surface area contributed by atoms with Crippen LogP contribution in [0, 0.1) is 15.9 Å². The Balaban J connectivity index is 1.72. The minimum absolute atomic E-state index is 0.0651. The van der Waals surface area contributed by atoms with Gasteiger partial charge in [0.25, 0.3) is 0 Å². The zero-order chi connectivity index (χ0) is 16.4. The Hall–Kier alpha value is -2.84. The van der Waals surface area contributed by atoms with Crippen molar-refractivity contribution in [2.45, 2.75) is 13.0 Å². The van der Waals surface area contributed by atoms with Gasteiger partial charge in [-0.05, 0) is 13.0 Å². The van der Waals surface area contributed by atoms with Crippen molar-refractivity contribution in [1.29, 1.82) is 0 Å². The van der Waals surface area contributed by atoms with E-state index in [1.54, 1.807) is 0 Å². The van der Waals surface area contributed by atoms with Gasteiger partial charge in [0.15, 0.2) is 0 Å². The summed E-state index contributed by atoms with van der Waals surface area (Å²) in [6.45, 7) is 3.89. The molecule has 0 aliphatic carbocycles. The fourth-order valence-corrected chi connectivity index (χ4v) is 2.59. The monoisotopic (exact) mass is 318 g/mol. The van der Waals surface area contributed by atoms with Crippen molar-refractivity contribution >= 4 is 17.5 Å². The van der Waals surface area contributed by atoms with Gasteiger partial charge in [0.2, 0.25) is 5.95 Å². The summed E-state index contributed by atoms with van der Waals surface area (Å²) >= 11 is 0. The SMILES string of the molecule is C[C@H]1CN(c2cc(F)ccn2)CCN1c1ncc([N+](=O)[O-])cn1. The van der Waals surface area contributed by atoms with Crippen LogP contribution in [0.25, 0.3) is 0 Å². The summed E-state index contributed by atoms with van der Waals surface area (Å²) in [6.07, 6.45) is 3.85. The van der Waals surface area contributed by atoms with E-state index in [2.05, 4.69) is 15.0 Å². The molecular formula is C14H15FN6O2. The molecule has 0 aromatic carbocycles. The normalized spacial score (nSPS) is 18.1. The Morgan fingerprint density at radius 3 is 2.65 bits per heavy atom. The molecule has 1 saturated heterocycles. The Bertz CT molecular complexity index is 711. The first kappa shape index (κ1) is 15.1. The van der Waals surface area contributed by atoms with Crippen LogP contribution in [0.1, 0.15) is 6.92 Å². The minimum atomic E-state index is -0.527. The minimum Gasteiger partial charge on any atom is -0.353 e. The molecule has 0 N–H and O–H groups in total. The van der Waals surface area contributed by atoms with E-state index in [4.69, 9.17) is 0 Å².